The number of aromatic nitrogens is 5. The number of H-pyrrole nitrogens is 1. The van der Waals surface area contributed by atoms with Gasteiger partial charge in [-0.25, -0.2) is 9.50 Å². The Kier molecular flexibility index (Phi) is 3.44. The molecule has 0 bridgehead atoms. The van der Waals surface area contributed by atoms with E-state index in [9.17, 15) is 4.79 Å². The Labute approximate surface area is 150 Å². The zero-order chi connectivity index (χ0) is 17.7. The minimum absolute atomic E-state index is 0.0685. The van der Waals surface area contributed by atoms with Crippen molar-refractivity contribution in [2.75, 3.05) is 11.9 Å². The van der Waals surface area contributed by atoms with Crippen molar-refractivity contribution in [3.8, 4) is 0 Å². The van der Waals surface area contributed by atoms with E-state index in [1.54, 1.807) is 6.92 Å². The van der Waals surface area contributed by atoms with E-state index in [0.29, 0.717) is 17.6 Å². The number of carbonyl (C=O) groups excluding carboxylic acids is 1. The molecular formula is C18H21N7O. The van der Waals surface area contributed by atoms with Crippen molar-refractivity contribution in [3.05, 3.63) is 35.9 Å². The van der Waals surface area contributed by atoms with Gasteiger partial charge < -0.3 is 10.2 Å². The largest absolute Gasteiger partial charge is 0.333 e. The summed E-state index contributed by atoms with van der Waals surface area (Å²) >= 11 is 0. The molecular weight excluding hydrogens is 330 g/mol. The van der Waals surface area contributed by atoms with Gasteiger partial charge in [-0.15, -0.1) is 0 Å². The van der Waals surface area contributed by atoms with Crippen molar-refractivity contribution in [1.29, 1.82) is 0 Å². The van der Waals surface area contributed by atoms with Crippen molar-refractivity contribution in [2.24, 2.45) is 0 Å². The molecule has 2 fully saturated rings. The van der Waals surface area contributed by atoms with Crippen LogP contribution in [0.3, 0.4) is 0 Å². The first kappa shape index (κ1) is 15.4. The van der Waals surface area contributed by atoms with Gasteiger partial charge in [-0.1, -0.05) is 0 Å². The van der Waals surface area contributed by atoms with Crippen molar-refractivity contribution in [1.82, 2.24) is 29.7 Å². The van der Waals surface area contributed by atoms with Crippen LogP contribution in [0.4, 0.5) is 11.6 Å². The Morgan fingerprint density at radius 1 is 1.35 bits per heavy atom. The van der Waals surface area contributed by atoms with Crippen LogP contribution in [0.5, 0.6) is 0 Å². The molecule has 1 aliphatic carbocycles. The summed E-state index contributed by atoms with van der Waals surface area (Å²) in [5, 5.41) is 15.4. The first-order valence-corrected chi connectivity index (χ1v) is 9.14. The number of carbonyl (C=O) groups is 1. The second-order valence-electron chi connectivity index (χ2n) is 7.13. The van der Waals surface area contributed by atoms with Crippen LogP contribution in [-0.4, -0.2) is 42.1 Å². The fourth-order valence-electron chi connectivity index (χ4n) is 3.72. The molecule has 8 nitrogen and oxygen atoms in total. The normalized spacial score (nSPS) is 20.0. The lowest BCUT2D eigenvalue weighted by Gasteiger charge is -2.22. The summed E-state index contributed by atoms with van der Waals surface area (Å²) in [4.78, 5) is 18.5. The molecule has 5 rings (SSSR count). The maximum Gasteiger partial charge on any atom is 0.220 e. The lowest BCUT2D eigenvalue weighted by molar-refractivity contribution is -0.129. The zero-order valence-corrected chi connectivity index (χ0v) is 14.6. The van der Waals surface area contributed by atoms with Crippen molar-refractivity contribution >= 4 is 23.1 Å². The highest BCUT2D eigenvalue weighted by atomic mass is 16.2. The Morgan fingerprint density at radius 3 is 3.04 bits per heavy atom. The molecule has 4 heterocycles. The summed E-state index contributed by atoms with van der Waals surface area (Å²) in [6, 6.07) is 5.89. The van der Waals surface area contributed by atoms with Crippen molar-refractivity contribution in [3.63, 3.8) is 0 Å². The van der Waals surface area contributed by atoms with Crippen LogP contribution in [0.1, 0.15) is 56.1 Å². The Hall–Kier alpha value is -2.90. The van der Waals surface area contributed by atoms with Gasteiger partial charge in [-0.3, -0.25) is 9.89 Å². The molecule has 0 aromatic carbocycles. The topological polar surface area (TPSA) is 91.2 Å². The third-order valence-electron chi connectivity index (χ3n) is 5.22. The van der Waals surface area contributed by atoms with Crippen LogP contribution in [0.15, 0.2) is 24.4 Å². The summed E-state index contributed by atoms with van der Waals surface area (Å²) in [6.07, 6.45) is 6.22. The van der Waals surface area contributed by atoms with Gasteiger partial charge in [0.2, 0.25) is 5.91 Å². The van der Waals surface area contributed by atoms with Gasteiger partial charge in [-0.2, -0.15) is 10.2 Å². The second-order valence-corrected chi connectivity index (χ2v) is 7.13. The summed E-state index contributed by atoms with van der Waals surface area (Å²) in [5.74, 6) is 2.83. The van der Waals surface area contributed by atoms with Gasteiger partial charge in [0, 0.05) is 37.3 Å². The van der Waals surface area contributed by atoms with E-state index < -0.39 is 0 Å². The zero-order valence-electron chi connectivity index (χ0n) is 14.6. The number of hydrogen-bond acceptors (Lipinski definition) is 5. The van der Waals surface area contributed by atoms with Crippen molar-refractivity contribution in [2.45, 2.75) is 44.6 Å². The standard InChI is InChI=1S/C18H21N7O/c1-11(26)24-8-2-4-14(24)18-20-17(15-5-3-9-25(15)23-18)19-16-10-13(21-22-16)12-6-7-12/h3,5,9-10,12,14H,2,4,6-8H2,1H3,(H2,19,20,21,22,23)/t14-/m0/s1. The molecule has 0 radical (unpaired) electrons. The monoisotopic (exact) mass is 351 g/mol. The smallest absolute Gasteiger partial charge is 0.220 e. The predicted octanol–water partition coefficient (Wildman–Crippen LogP) is 2.76. The average Bonchev–Trinajstić information content (AvgIpc) is 3.06. The number of fused-ring (bicyclic) bond motifs is 1. The molecule has 26 heavy (non-hydrogen) atoms. The highest BCUT2D eigenvalue weighted by molar-refractivity contribution is 5.74. The van der Waals surface area contributed by atoms with Gasteiger partial charge in [-0.05, 0) is 37.8 Å². The maximum atomic E-state index is 11.9. The number of aromatic amines is 1. The lowest BCUT2D eigenvalue weighted by atomic mass is 10.2. The number of likely N-dealkylation sites (tertiary alicyclic amines) is 1. The van der Waals surface area contributed by atoms with Crippen LogP contribution in [0, 0.1) is 0 Å². The Balaban J connectivity index is 1.51. The minimum atomic E-state index is -0.0685. The average molecular weight is 351 g/mol. The molecule has 2 N–H and O–H groups in total. The van der Waals surface area contributed by atoms with Gasteiger partial charge in [0.15, 0.2) is 17.5 Å². The van der Waals surface area contributed by atoms with Gasteiger partial charge in [0.1, 0.15) is 5.52 Å². The molecule has 0 unspecified atom stereocenters. The minimum Gasteiger partial charge on any atom is -0.333 e. The van der Waals surface area contributed by atoms with Crippen LogP contribution in [0.2, 0.25) is 0 Å². The Morgan fingerprint density at radius 2 is 2.23 bits per heavy atom. The summed E-state index contributed by atoms with van der Waals surface area (Å²) < 4.78 is 1.82. The quantitative estimate of drug-likeness (QED) is 0.754. The van der Waals surface area contributed by atoms with E-state index in [0.717, 1.165) is 30.7 Å². The molecule has 3 aromatic heterocycles. The van der Waals surface area contributed by atoms with E-state index in [1.165, 1.54) is 18.5 Å². The van der Waals surface area contributed by atoms with Crippen LogP contribution < -0.4 is 5.32 Å². The van der Waals surface area contributed by atoms with E-state index >= 15 is 0 Å². The Bertz CT molecular complexity index is 971. The third-order valence-corrected chi connectivity index (χ3v) is 5.22. The number of anilines is 2. The van der Waals surface area contributed by atoms with Crippen LogP contribution >= 0.6 is 0 Å². The number of rotatable bonds is 4. The van der Waals surface area contributed by atoms with Gasteiger partial charge in [0.05, 0.1) is 6.04 Å². The van der Waals surface area contributed by atoms with Crippen LogP contribution in [0.25, 0.3) is 5.52 Å². The molecule has 8 heteroatoms. The predicted molar refractivity (Wildman–Crippen MR) is 96.2 cm³/mol. The summed E-state index contributed by atoms with van der Waals surface area (Å²) in [6.45, 7) is 2.37. The molecule has 3 aromatic rings. The molecule has 0 spiro atoms. The number of hydrogen-bond donors (Lipinski definition) is 2. The SMILES string of the molecule is CC(=O)N1CCC[C@H]1c1nc(Nc2cc(C3CC3)[nH]n2)c2cccn2n1. The second kappa shape index (κ2) is 5.82. The van der Waals surface area contributed by atoms with Crippen molar-refractivity contribution < 1.29 is 4.79 Å². The highest BCUT2D eigenvalue weighted by Gasteiger charge is 2.31. The number of nitrogens with one attached hydrogen (secondary N) is 2. The lowest BCUT2D eigenvalue weighted by Crippen LogP contribution is -2.29. The van der Waals surface area contributed by atoms with E-state index in [-0.39, 0.29) is 11.9 Å². The summed E-state index contributed by atoms with van der Waals surface area (Å²) in [5.41, 5.74) is 2.06. The van der Waals surface area contributed by atoms with E-state index in [4.69, 9.17) is 4.98 Å². The molecule has 1 saturated heterocycles. The fraction of sp³-hybridized carbons (Fsp3) is 0.444. The maximum absolute atomic E-state index is 11.9. The third kappa shape index (κ3) is 2.61. The molecule has 1 atom stereocenters. The molecule has 1 saturated carbocycles. The molecule has 1 amide bonds. The van der Waals surface area contributed by atoms with E-state index in [1.807, 2.05) is 27.7 Å². The van der Waals surface area contributed by atoms with Gasteiger partial charge in [0.25, 0.3) is 0 Å². The first-order valence-electron chi connectivity index (χ1n) is 9.14. The molecule has 134 valence electrons. The number of nitrogens with zero attached hydrogens (tertiary/aromatic N) is 5. The van der Waals surface area contributed by atoms with Gasteiger partial charge >= 0.3 is 0 Å². The molecule has 2 aliphatic rings. The highest BCUT2D eigenvalue weighted by Crippen LogP contribution is 2.39. The summed E-state index contributed by atoms with van der Waals surface area (Å²) in [7, 11) is 0. The molecule has 1 aliphatic heterocycles. The first-order chi connectivity index (χ1) is 12.7. The fourth-order valence-corrected chi connectivity index (χ4v) is 3.72. The van der Waals surface area contributed by atoms with E-state index in [2.05, 4.69) is 26.7 Å². The van der Waals surface area contributed by atoms with Crippen LogP contribution in [-0.2, 0) is 4.79 Å². The number of amides is 1.